The van der Waals surface area contributed by atoms with Gasteiger partial charge < -0.3 is 4.74 Å². The zero-order chi connectivity index (χ0) is 7.94. The lowest BCUT2D eigenvalue weighted by Gasteiger charge is -2.08. The molecule has 1 aliphatic rings. The second kappa shape index (κ2) is 4.83. The summed E-state index contributed by atoms with van der Waals surface area (Å²) in [5.74, 6) is 0.987. The third-order valence-electron chi connectivity index (χ3n) is 1.61. The first-order valence-electron chi connectivity index (χ1n) is 4.14. The molecule has 0 aliphatic carbocycles. The molecule has 1 radical (unpaired) electrons. The summed E-state index contributed by atoms with van der Waals surface area (Å²) in [7, 11) is 0. The molecule has 0 N–H and O–H groups in total. The molecule has 2 nitrogen and oxygen atoms in total. The van der Waals surface area contributed by atoms with E-state index in [1.807, 2.05) is 0 Å². The van der Waals surface area contributed by atoms with Crippen LogP contribution in [0.15, 0.2) is 24.4 Å². The van der Waals surface area contributed by atoms with Crippen LogP contribution in [0, 0.1) is 0 Å². The SMILES string of the molecule is CCCCCC1=C[N]C=CO1. The van der Waals surface area contributed by atoms with Crippen LogP contribution in [0.25, 0.3) is 0 Å². The molecule has 0 spiro atoms. The zero-order valence-corrected chi connectivity index (χ0v) is 6.92. The number of hydrogen-bond donors (Lipinski definition) is 0. The zero-order valence-electron chi connectivity index (χ0n) is 6.92. The molecule has 0 bridgehead atoms. The predicted molar refractivity (Wildman–Crippen MR) is 44.6 cm³/mol. The van der Waals surface area contributed by atoms with Crippen molar-refractivity contribution in [2.24, 2.45) is 0 Å². The molecule has 0 unspecified atom stereocenters. The van der Waals surface area contributed by atoms with Crippen LogP contribution in [0.1, 0.15) is 32.6 Å². The van der Waals surface area contributed by atoms with E-state index in [2.05, 4.69) is 12.2 Å². The minimum absolute atomic E-state index is 0.987. The molecule has 0 saturated heterocycles. The number of ether oxygens (including phenoxy) is 1. The Morgan fingerprint density at radius 1 is 1.45 bits per heavy atom. The minimum Gasteiger partial charge on any atom is -0.466 e. The average molecular weight is 152 g/mol. The summed E-state index contributed by atoms with van der Waals surface area (Å²) in [5.41, 5.74) is 0. The topological polar surface area (TPSA) is 23.3 Å². The maximum absolute atomic E-state index is 5.21. The fraction of sp³-hybridized carbons (Fsp3) is 0.556. The standard InChI is InChI=1S/C9H14NO/c1-2-3-4-5-9-8-10-6-7-11-9/h6-8H,2-5H2,1H3. The van der Waals surface area contributed by atoms with E-state index in [0.29, 0.717) is 0 Å². The summed E-state index contributed by atoms with van der Waals surface area (Å²) < 4.78 is 5.21. The normalized spacial score (nSPS) is 15.2. The van der Waals surface area contributed by atoms with Crippen molar-refractivity contribution < 1.29 is 4.74 Å². The monoisotopic (exact) mass is 152 g/mol. The summed E-state index contributed by atoms with van der Waals surface area (Å²) in [6.07, 6.45) is 9.80. The highest BCUT2D eigenvalue weighted by Crippen LogP contribution is 2.11. The number of unbranched alkanes of at least 4 members (excludes halogenated alkanes) is 2. The van der Waals surface area contributed by atoms with Crippen molar-refractivity contribution in [3.05, 3.63) is 24.4 Å². The molecule has 0 aromatic heterocycles. The van der Waals surface area contributed by atoms with E-state index in [4.69, 9.17) is 4.74 Å². The minimum atomic E-state index is 0.987. The van der Waals surface area contributed by atoms with E-state index in [1.54, 1.807) is 18.7 Å². The molecule has 2 heteroatoms. The van der Waals surface area contributed by atoms with Crippen molar-refractivity contribution >= 4 is 0 Å². The Bertz CT molecular complexity index is 161. The Morgan fingerprint density at radius 3 is 3.00 bits per heavy atom. The molecule has 0 amide bonds. The molecule has 0 atom stereocenters. The fourth-order valence-corrected chi connectivity index (χ4v) is 0.982. The third-order valence-corrected chi connectivity index (χ3v) is 1.61. The second-order valence-electron chi connectivity index (χ2n) is 2.60. The van der Waals surface area contributed by atoms with Crippen LogP contribution in [0.4, 0.5) is 0 Å². The van der Waals surface area contributed by atoms with Crippen molar-refractivity contribution in [1.82, 2.24) is 5.32 Å². The smallest absolute Gasteiger partial charge is 0.121 e. The van der Waals surface area contributed by atoms with E-state index in [9.17, 15) is 0 Å². The van der Waals surface area contributed by atoms with Gasteiger partial charge in [-0.15, -0.1) is 0 Å². The molecule has 1 aliphatic heterocycles. The Labute approximate surface area is 67.9 Å². The summed E-state index contributed by atoms with van der Waals surface area (Å²) >= 11 is 0. The van der Waals surface area contributed by atoms with Crippen LogP contribution < -0.4 is 5.32 Å². The second-order valence-corrected chi connectivity index (χ2v) is 2.60. The summed E-state index contributed by atoms with van der Waals surface area (Å²) in [5, 5.41) is 3.97. The first kappa shape index (κ1) is 8.18. The number of hydrogen-bond acceptors (Lipinski definition) is 1. The van der Waals surface area contributed by atoms with Crippen LogP contribution >= 0.6 is 0 Å². The molecule has 61 valence electrons. The van der Waals surface area contributed by atoms with Crippen molar-refractivity contribution in [2.75, 3.05) is 0 Å². The Kier molecular flexibility index (Phi) is 3.59. The van der Waals surface area contributed by atoms with Gasteiger partial charge in [0, 0.05) is 6.42 Å². The van der Waals surface area contributed by atoms with Gasteiger partial charge in [0.05, 0.1) is 12.4 Å². The highest BCUT2D eigenvalue weighted by atomic mass is 16.5. The number of nitrogens with zero attached hydrogens (tertiary/aromatic N) is 1. The Morgan fingerprint density at radius 2 is 2.36 bits per heavy atom. The first-order valence-corrected chi connectivity index (χ1v) is 4.14. The van der Waals surface area contributed by atoms with Gasteiger partial charge in [-0.2, -0.15) is 0 Å². The van der Waals surface area contributed by atoms with Gasteiger partial charge in [0.15, 0.2) is 0 Å². The number of rotatable bonds is 4. The molecule has 1 heterocycles. The van der Waals surface area contributed by atoms with Gasteiger partial charge in [0.2, 0.25) is 0 Å². The third kappa shape index (κ3) is 3.12. The van der Waals surface area contributed by atoms with Crippen molar-refractivity contribution in [2.45, 2.75) is 32.6 Å². The summed E-state index contributed by atoms with van der Waals surface area (Å²) in [6.45, 7) is 2.19. The summed E-state index contributed by atoms with van der Waals surface area (Å²) in [6, 6.07) is 0. The van der Waals surface area contributed by atoms with E-state index < -0.39 is 0 Å². The van der Waals surface area contributed by atoms with E-state index in [-0.39, 0.29) is 0 Å². The van der Waals surface area contributed by atoms with Gasteiger partial charge in [0.25, 0.3) is 0 Å². The Hall–Kier alpha value is -0.920. The molecule has 0 aromatic carbocycles. The van der Waals surface area contributed by atoms with Crippen LogP contribution in [0.3, 0.4) is 0 Å². The maximum atomic E-state index is 5.21. The van der Waals surface area contributed by atoms with Crippen molar-refractivity contribution in [3.8, 4) is 0 Å². The maximum Gasteiger partial charge on any atom is 0.121 e. The lowest BCUT2D eigenvalue weighted by atomic mass is 10.2. The van der Waals surface area contributed by atoms with E-state index in [0.717, 1.165) is 12.2 Å². The van der Waals surface area contributed by atoms with Crippen LogP contribution in [-0.2, 0) is 4.74 Å². The highest BCUT2D eigenvalue weighted by molar-refractivity contribution is 5.00. The molecular weight excluding hydrogens is 138 g/mol. The van der Waals surface area contributed by atoms with Gasteiger partial charge in [-0.05, 0) is 6.42 Å². The lowest BCUT2D eigenvalue weighted by molar-refractivity contribution is 0.316. The van der Waals surface area contributed by atoms with Crippen LogP contribution in [0.2, 0.25) is 0 Å². The van der Waals surface area contributed by atoms with E-state index in [1.165, 1.54) is 19.3 Å². The largest absolute Gasteiger partial charge is 0.466 e. The molecule has 0 fully saturated rings. The fourth-order valence-electron chi connectivity index (χ4n) is 0.982. The van der Waals surface area contributed by atoms with Crippen LogP contribution in [-0.4, -0.2) is 0 Å². The summed E-state index contributed by atoms with van der Waals surface area (Å²) in [4.78, 5) is 0. The van der Waals surface area contributed by atoms with Gasteiger partial charge in [-0.25, -0.2) is 0 Å². The van der Waals surface area contributed by atoms with Gasteiger partial charge >= 0.3 is 0 Å². The molecule has 1 rings (SSSR count). The van der Waals surface area contributed by atoms with Crippen molar-refractivity contribution in [1.29, 1.82) is 0 Å². The lowest BCUT2D eigenvalue weighted by Crippen LogP contribution is -1.97. The van der Waals surface area contributed by atoms with Gasteiger partial charge in [0.1, 0.15) is 12.0 Å². The quantitative estimate of drug-likeness (QED) is 0.568. The average Bonchev–Trinajstić information content (AvgIpc) is 2.07. The van der Waals surface area contributed by atoms with E-state index >= 15 is 0 Å². The molecule has 0 saturated carbocycles. The molecular formula is C9H14NO. The Balaban J connectivity index is 2.11. The highest BCUT2D eigenvalue weighted by Gasteiger charge is 1.99. The predicted octanol–water partition coefficient (Wildman–Crippen LogP) is 2.51. The number of allylic oxidation sites excluding steroid dienone is 1. The first-order chi connectivity index (χ1) is 5.43. The molecule has 0 aromatic rings. The van der Waals surface area contributed by atoms with Gasteiger partial charge in [-0.1, -0.05) is 19.8 Å². The van der Waals surface area contributed by atoms with Crippen molar-refractivity contribution in [3.63, 3.8) is 0 Å². The molecule has 11 heavy (non-hydrogen) atoms. The van der Waals surface area contributed by atoms with Crippen LogP contribution in [0.5, 0.6) is 0 Å². The van der Waals surface area contributed by atoms with Gasteiger partial charge in [-0.3, -0.25) is 5.32 Å².